The highest BCUT2D eigenvalue weighted by Gasteiger charge is 2.26. The van der Waals surface area contributed by atoms with Crippen LogP contribution in [0.1, 0.15) is 27.9 Å². The molecule has 1 atom stereocenters. The van der Waals surface area contributed by atoms with E-state index in [0.29, 0.717) is 17.2 Å². The van der Waals surface area contributed by atoms with Crippen molar-refractivity contribution in [3.05, 3.63) is 65.2 Å². The molecule has 1 unspecified atom stereocenters. The number of amides is 3. The normalized spacial score (nSPS) is 16.7. The first-order valence-electron chi connectivity index (χ1n) is 8.53. The summed E-state index contributed by atoms with van der Waals surface area (Å²) in [6, 6.07) is 15.4. The van der Waals surface area contributed by atoms with Crippen LogP contribution in [0, 0.1) is 12.8 Å². The number of rotatable bonds is 4. The fraction of sp³-hybridized carbons (Fsp3) is 0.300. The van der Waals surface area contributed by atoms with Crippen LogP contribution in [0.4, 0.5) is 10.5 Å². The van der Waals surface area contributed by atoms with E-state index in [0.717, 1.165) is 31.5 Å². The minimum absolute atomic E-state index is 0.130. The second kappa shape index (κ2) is 7.38. The molecule has 5 heteroatoms. The number of carbonyl (C=O) groups excluding carboxylic acids is 2. The molecule has 25 heavy (non-hydrogen) atoms. The van der Waals surface area contributed by atoms with E-state index >= 15 is 0 Å². The van der Waals surface area contributed by atoms with Gasteiger partial charge < -0.3 is 16.0 Å². The molecule has 2 aromatic rings. The fourth-order valence-corrected chi connectivity index (χ4v) is 3.30. The second-order valence-corrected chi connectivity index (χ2v) is 6.61. The number of primary amides is 1. The molecule has 1 heterocycles. The molecule has 0 spiro atoms. The van der Waals surface area contributed by atoms with Crippen molar-refractivity contribution >= 4 is 17.6 Å². The zero-order valence-corrected chi connectivity index (χ0v) is 14.4. The third-order valence-corrected chi connectivity index (χ3v) is 4.69. The molecule has 130 valence electrons. The zero-order valence-electron chi connectivity index (χ0n) is 14.4. The van der Waals surface area contributed by atoms with Crippen LogP contribution in [-0.2, 0) is 6.42 Å². The molecule has 5 nitrogen and oxygen atoms in total. The summed E-state index contributed by atoms with van der Waals surface area (Å²) in [4.78, 5) is 25.7. The van der Waals surface area contributed by atoms with Crippen molar-refractivity contribution < 1.29 is 9.59 Å². The van der Waals surface area contributed by atoms with Crippen LogP contribution in [0.2, 0.25) is 0 Å². The number of hydrogen-bond donors (Lipinski definition) is 2. The maximum Gasteiger partial charge on any atom is 0.321 e. The molecular weight excluding hydrogens is 314 g/mol. The highest BCUT2D eigenvalue weighted by Crippen LogP contribution is 2.22. The van der Waals surface area contributed by atoms with Gasteiger partial charge in [0.1, 0.15) is 0 Å². The van der Waals surface area contributed by atoms with Crippen molar-refractivity contribution in [3.63, 3.8) is 0 Å². The Hall–Kier alpha value is -2.82. The van der Waals surface area contributed by atoms with Crippen LogP contribution >= 0.6 is 0 Å². The number of carbonyl (C=O) groups is 2. The smallest absolute Gasteiger partial charge is 0.321 e. The van der Waals surface area contributed by atoms with Gasteiger partial charge in [-0.2, -0.15) is 0 Å². The minimum Gasteiger partial charge on any atom is -0.366 e. The number of anilines is 1. The summed E-state index contributed by atoms with van der Waals surface area (Å²) in [7, 11) is 0. The molecule has 1 fully saturated rings. The molecule has 0 bridgehead atoms. The highest BCUT2D eigenvalue weighted by atomic mass is 16.2. The van der Waals surface area contributed by atoms with E-state index in [1.807, 2.05) is 30.0 Å². The Balaban J connectivity index is 1.59. The Morgan fingerprint density at radius 2 is 1.96 bits per heavy atom. The van der Waals surface area contributed by atoms with Crippen LogP contribution in [0.3, 0.4) is 0 Å². The molecular formula is C20H23N3O2. The minimum atomic E-state index is -0.488. The topological polar surface area (TPSA) is 75.4 Å². The van der Waals surface area contributed by atoms with Gasteiger partial charge in [-0.15, -0.1) is 0 Å². The van der Waals surface area contributed by atoms with Crippen molar-refractivity contribution in [2.24, 2.45) is 11.7 Å². The van der Waals surface area contributed by atoms with E-state index < -0.39 is 5.91 Å². The predicted octanol–water partition coefficient (Wildman–Crippen LogP) is 3.19. The van der Waals surface area contributed by atoms with Gasteiger partial charge in [0.25, 0.3) is 0 Å². The lowest BCUT2D eigenvalue weighted by Gasteiger charge is -2.18. The number of aryl methyl sites for hydroxylation is 1. The van der Waals surface area contributed by atoms with E-state index in [-0.39, 0.29) is 6.03 Å². The molecule has 3 N–H and O–H groups in total. The Morgan fingerprint density at radius 3 is 2.68 bits per heavy atom. The SMILES string of the molecule is Cc1ccc(NC(=O)N2CCC(Cc3ccccc3)C2)cc1C(N)=O. The zero-order chi connectivity index (χ0) is 17.8. The third kappa shape index (κ3) is 4.18. The summed E-state index contributed by atoms with van der Waals surface area (Å²) in [5.41, 5.74) is 8.50. The lowest BCUT2D eigenvalue weighted by Crippen LogP contribution is -2.33. The maximum absolute atomic E-state index is 12.5. The molecule has 1 saturated heterocycles. The van der Waals surface area contributed by atoms with E-state index in [9.17, 15) is 9.59 Å². The van der Waals surface area contributed by atoms with Crippen LogP contribution in [0.25, 0.3) is 0 Å². The third-order valence-electron chi connectivity index (χ3n) is 4.69. The van der Waals surface area contributed by atoms with Crippen molar-refractivity contribution in [2.45, 2.75) is 19.8 Å². The summed E-state index contributed by atoms with van der Waals surface area (Å²) in [5, 5.41) is 2.87. The molecule has 3 rings (SSSR count). The van der Waals surface area contributed by atoms with E-state index in [1.165, 1.54) is 5.56 Å². The first-order chi connectivity index (χ1) is 12.0. The second-order valence-electron chi connectivity index (χ2n) is 6.61. The molecule has 0 radical (unpaired) electrons. The number of nitrogens with two attached hydrogens (primary N) is 1. The number of nitrogens with one attached hydrogen (secondary N) is 1. The molecule has 1 aliphatic rings. The lowest BCUT2D eigenvalue weighted by molar-refractivity contribution is 0.0999. The molecule has 0 saturated carbocycles. The van der Waals surface area contributed by atoms with Crippen molar-refractivity contribution in [2.75, 3.05) is 18.4 Å². The molecule has 1 aliphatic heterocycles. The van der Waals surface area contributed by atoms with E-state index in [1.54, 1.807) is 18.2 Å². The van der Waals surface area contributed by atoms with Crippen LogP contribution in [0.5, 0.6) is 0 Å². The standard InChI is InChI=1S/C20H23N3O2/c1-14-7-8-17(12-18(14)19(21)24)22-20(25)23-10-9-16(13-23)11-15-5-3-2-4-6-15/h2-8,12,16H,9-11,13H2,1H3,(H2,21,24)(H,22,25). The molecule has 3 amide bonds. The van der Waals surface area contributed by atoms with Gasteiger partial charge in [-0.25, -0.2) is 4.79 Å². The molecule has 2 aromatic carbocycles. The largest absolute Gasteiger partial charge is 0.366 e. The van der Waals surface area contributed by atoms with E-state index in [2.05, 4.69) is 17.4 Å². The number of hydrogen-bond acceptors (Lipinski definition) is 2. The summed E-state index contributed by atoms with van der Waals surface area (Å²) in [6.07, 6.45) is 1.99. The van der Waals surface area contributed by atoms with Gasteiger partial charge in [0.05, 0.1) is 0 Å². The summed E-state index contributed by atoms with van der Waals surface area (Å²) >= 11 is 0. The van der Waals surface area contributed by atoms with Gasteiger partial charge in [-0.1, -0.05) is 36.4 Å². The Bertz CT molecular complexity index is 774. The lowest BCUT2D eigenvalue weighted by atomic mass is 9.99. The van der Waals surface area contributed by atoms with Crippen LogP contribution in [0.15, 0.2) is 48.5 Å². The van der Waals surface area contributed by atoms with Crippen LogP contribution in [-0.4, -0.2) is 29.9 Å². The quantitative estimate of drug-likeness (QED) is 0.899. The predicted molar refractivity (Wildman–Crippen MR) is 98.5 cm³/mol. The Kier molecular flexibility index (Phi) is 5.03. The van der Waals surface area contributed by atoms with Crippen LogP contribution < -0.4 is 11.1 Å². The summed E-state index contributed by atoms with van der Waals surface area (Å²) in [6.45, 7) is 3.31. The summed E-state index contributed by atoms with van der Waals surface area (Å²) < 4.78 is 0. The number of likely N-dealkylation sites (tertiary alicyclic amines) is 1. The monoisotopic (exact) mass is 337 g/mol. The van der Waals surface area contributed by atoms with Gasteiger partial charge in [0.15, 0.2) is 0 Å². The highest BCUT2D eigenvalue weighted by molar-refractivity contribution is 5.97. The molecule has 0 aliphatic carbocycles. The Labute approximate surface area is 147 Å². The fourth-order valence-electron chi connectivity index (χ4n) is 3.30. The van der Waals surface area contributed by atoms with Crippen molar-refractivity contribution in [1.82, 2.24) is 4.90 Å². The first-order valence-corrected chi connectivity index (χ1v) is 8.53. The van der Waals surface area contributed by atoms with Gasteiger partial charge in [-0.3, -0.25) is 4.79 Å². The summed E-state index contributed by atoms with van der Waals surface area (Å²) in [5.74, 6) is -0.00922. The molecule has 0 aromatic heterocycles. The van der Waals surface area contributed by atoms with Crippen molar-refractivity contribution in [3.8, 4) is 0 Å². The maximum atomic E-state index is 12.5. The van der Waals surface area contributed by atoms with E-state index in [4.69, 9.17) is 5.73 Å². The number of urea groups is 1. The van der Waals surface area contributed by atoms with Gasteiger partial charge in [-0.05, 0) is 48.9 Å². The van der Waals surface area contributed by atoms with Gasteiger partial charge in [0, 0.05) is 24.3 Å². The van der Waals surface area contributed by atoms with Gasteiger partial charge in [0.2, 0.25) is 5.91 Å². The number of benzene rings is 2. The van der Waals surface area contributed by atoms with Gasteiger partial charge >= 0.3 is 6.03 Å². The first kappa shape index (κ1) is 17.0. The number of nitrogens with zero attached hydrogens (tertiary/aromatic N) is 1. The average Bonchev–Trinajstić information content (AvgIpc) is 3.06. The average molecular weight is 337 g/mol. The Morgan fingerprint density at radius 1 is 1.20 bits per heavy atom. The van der Waals surface area contributed by atoms with Crippen molar-refractivity contribution in [1.29, 1.82) is 0 Å².